The summed E-state index contributed by atoms with van der Waals surface area (Å²) < 4.78 is 2.99. The van der Waals surface area contributed by atoms with E-state index in [-0.39, 0.29) is 6.04 Å². The molecular weight excluding hydrogens is 230 g/mol. The molecule has 0 aromatic carbocycles. The highest BCUT2D eigenvalue weighted by Gasteiger charge is 2.04. The van der Waals surface area contributed by atoms with E-state index >= 15 is 0 Å². The lowest BCUT2D eigenvalue weighted by Gasteiger charge is -1.95. The van der Waals surface area contributed by atoms with E-state index in [0.29, 0.717) is 0 Å². The van der Waals surface area contributed by atoms with Crippen molar-refractivity contribution in [3.8, 4) is 0 Å². The molecule has 3 nitrogen and oxygen atoms in total. The van der Waals surface area contributed by atoms with Gasteiger partial charge < -0.3 is 10.1 Å². The first kappa shape index (κ1) is 8.72. The maximum Gasteiger partial charge on any atom is 0.138 e. The summed E-state index contributed by atoms with van der Waals surface area (Å²) in [6.07, 6.45) is 3.91. The smallest absolute Gasteiger partial charge is 0.138 e. The molecule has 4 heteroatoms. The molecule has 0 aliphatic rings. The predicted molar refractivity (Wildman–Crippen MR) is 55.5 cm³/mol. The predicted octanol–water partition coefficient (Wildman–Crippen LogP) is 2.12. The van der Waals surface area contributed by atoms with E-state index in [2.05, 4.69) is 20.9 Å². The van der Waals surface area contributed by atoms with Gasteiger partial charge in [0.2, 0.25) is 0 Å². The van der Waals surface area contributed by atoms with Crippen molar-refractivity contribution in [1.29, 1.82) is 0 Å². The maximum absolute atomic E-state index is 5.73. The number of nitrogens with zero attached hydrogens (tertiary/aromatic N) is 2. The second-order valence-electron chi connectivity index (χ2n) is 3.06. The Bertz CT molecular complexity index is 433. The van der Waals surface area contributed by atoms with Crippen LogP contribution in [-0.2, 0) is 0 Å². The average Bonchev–Trinajstić information content (AvgIpc) is 2.46. The molecule has 0 fully saturated rings. The van der Waals surface area contributed by atoms with Crippen LogP contribution in [0.3, 0.4) is 0 Å². The summed E-state index contributed by atoms with van der Waals surface area (Å²) in [5, 5.41) is 0. The SMILES string of the molecule is C[C@H](N)c1cn2ccc(Br)cc2n1. The first-order valence-electron chi connectivity index (χ1n) is 4.06. The van der Waals surface area contributed by atoms with Crippen molar-refractivity contribution in [3.63, 3.8) is 0 Å². The highest BCUT2D eigenvalue weighted by Crippen LogP contribution is 2.15. The van der Waals surface area contributed by atoms with Crippen LogP contribution in [0.1, 0.15) is 18.7 Å². The van der Waals surface area contributed by atoms with Gasteiger partial charge in [0.15, 0.2) is 0 Å². The highest BCUT2D eigenvalue weighted by molar-refractivity contribution is 9.10. The van der Waals surface area contributed by atoms with Gasteiger partial charge in [-0.15, -0.1) is 0 Å². The molecule has 2 rings (SSSR count). The molecule has 0 unspecified atom stereocenters. The molecule has 0 spiro atoms. The van der Waals surface area contributed by atoms with E-state index in [1.54, 1.807) is 0 Å². The molecule has 0 saturated carbocycles. The minimum atomic E-state index is -0.0151. The third kappa shape index (κ3) is 1.59. The van der Waals surface area contributed by atoms with Crippen molar-refractivity contribution in [2.75, 3.05) is 0 Å². The van der Waals surface area contributed by atoms with E-state index in [1.807, 2.05) is 35.9 Å². The summed E-state index contributed by atoms with van der Waals surface area (Å²) >= 11 is 3.39. The minimum Gasteiger partial charge on any atom is -0.323 e. The van der Waals surface area contributed by atoms with E-state index in [1.165, 1.54) is 0 Å². The third-order valence-corrected chi connectivity index (χ3v) is 2.40. The molecule has 0 aliphatic carbocycles. The van der Waals surface area contributed by atoms with Crippen LogP contribution in [0.5, 0.6) is 0 Å². The molecule has 13 heavy (non-hydrogen) atoms. The van der Waals surface area contributed by atoms with Gasteiger partial charge in [-0.1, -0.05) is 15.9 Å². The van der Waals surface area contributed by atoms with Crippen LogP contribution in [0.25, 0.3) is 5.65 Å². The fraction of sp³-hybridized carbons (Fsp3) is 0.222. The van der Waals surface area contributed by atoms with Gasteiger partial charge in [0.25, 0.3) is 0 Å². The van der Waals surface area contributed by atoms with E-state index in [9.17, 15) is 0 Å². The Kier molecular flexibility index (Phi) is 2.09. The quantitative estimate of drug-likeness (QED) is 0.829. The number of aromatic nitrogens is 2. The molecule has 2 N–H and O–H groups in total. The Balaban J connectivity index is 2.62. The summed E-state index contributed by atoms with van der Waals surface area (Å²) in [4.78, 5) is 4.38. The zero-order valence-corrected chi connectivity index (χ0v) is 8.82. The molecule has 0 bridgehead atoms. The second-order valence-corrected chi connectivity index (χ2v) is 3.98. The normalized spacial score (nSPS) is 13.5. The van der Waals surface area contributed by atoms with E-state index in [0.717, 1.165) is 15.8 Å². The number of pyridine rings is 1. The summed E-state index contributed by atoms with van der Waals surface area (Å²) in [5.41, 5.74) is 7.56. The van der Waals surface area contributed by atoms with Gasteiger partial charge >= 0.3 is 0 Å². The Hall–Kier alpha value is -0.870. The van der Waals surface area contributed by atoms with Gasteiger partial charge in [-0.25, -0.2) is 4.98 Å². The van der Waals surface area contributed by atoms with Crippen LogP contribution in [0.15, 0.2) is 29.0 Å². The first-order valence-corrected chi connectivity index (χ1v) is 4.86. The van der Waals surface area contributed by atoms with Gasteiger partial charge in [-0.05, 0) is 19.1 Å². The van der Waals surface area contributed by atoms with Gasteiger partial charge in [-0.2, -0.15) is 0 Å². The number of hydrogen-bond donors (Lipinski definition) is 1. The number of imidazole rings is 1. The second kappa shape index (κ2) is 3.12. The lowest BCUT2D eigenvalue weighted by Crippen LogP contribution is -2.04. The summed E-state index contributed by atoms with van der Waals surface area (Å²) in [6, 6.07) is 3.92. The fourth-order valence-electron chi connectivity index (χ4n) is 1.20. The van der Waals surface area contributed by atoms with Crippen molar-refractivity contribution < 1.29 is 0 Å². The molecule has 2 aromatic rings. The number of halogens is 1. The van der Waals surface area contributed by atoms with Crippen LogP contribution < -0.4 is 5.73 Å². The molecule has 0 radical (unpaired) electrons. The van der Waals surface area contributed by atoms with Gasteiger partial charge in [0, 0.05) is 22.9 Å². The standard InChI is InChI=1S/C9H10BrN3/c1-6(11)8-5-13-3-2-7(10)4-9(13)12-8/h2-6H,11H2,1H3/t6-/m0/s1. The number of rotatable bonds is 1. The lowest BCUT2D eigenvalue weighted by atomic mass is 10.3. The third-order valence-electron chi connectivity index (χ3n) is 1.91. The maximum atomic E-state index is 5.73. The Morgan fingerprint density at radius 1 is 1.62 bits per heavy atom. The molecule has 2 aromatic heterocycles. The minimum absolute atomic E-state index is 0.0151. The van der Waals surface area contributed by atoms with Gasteiger partial charge in [0.1, 0.15) is 5.65 Å². The lowest BCUT2D eigenvalue weighted by molar-refractivity contribution is 0.790. The molecule has 0 saturated heterocycles. The average molecular weight is 240 g/mol. The Morgan fingerprint density at radius 2 is 2.38 bits per heavy atom. The number of fused-ring (bicyclic) bond motifs is 1. The topological polar surface area (TPSA) is 43.3 Å². The van der Waals surface area contributed by atoms with Crippen molar-refractivity contribution in [2.45, 2.75) is 13.0 Å². The Morgan fingerprint density at radius 3 is 3.08 bits per heavy atom. The number of hydrogen-bond acceptors (Lipinski definition) is 2. The number of nitrogens with two attached hydrogens (primary N) is 1. The molecule has 2 heterocycles. The summed E-state index contributed by atoms with van der Waals surface area (Å²) in [5.74, 6) is 0. The molecule has 1 atom stereocenters. The molecule has 0 amide bonds. The van der Waals surface area contributed by atoms with Crippen molar-refractivity contribution in [3.05, 3.63) is 34.7 Å². The molecule has 0 aliphatic heterocycles. The van der Waals surface area contributed by atoms with Crippen LogP contribution in [0, 0.1) is 0 Å². The fourth-order valence-corrected chi connectivity index (χ4v) is 1.52. The van der Waals surface area contributed by atoms with Crippen LogP contribution in [0.4, 0.5) is 0 Å². The van der Waals surface area contributed by atoms with Crippen LogP contribution in [-0.4, -0.2) is 9.38 Å². The zero-order chi connectivity index (χ0) is 9.42. The van der Waals surface area contributed by atoms with Gasteiger partial charge in [-0.3, -0.25) is 0 Å². The van der Waals surface area contributed by atoms with Crippen molar-refractivity contribution in [1.82, 2.24) is 9.38 Å². The Labute approximate surface area is 84.7 Å². The molecule has 68 valence electrons. The van der Waals surface area contributed by atoms with Gasteiger partial charge in [0.05, 0.1) is 5.69 Å². The van der Waals surface area contributed by atoms with E-state index in [4.69, 9.17) is 5.73 Å². The largest absolute Gasteiger partial charge is 0.323 e. The van der Waals surface area contributed by atoms with Crippen molar-refractivity contribution >= 4 is 21.6 Å². The van der Waals surface area contributed by atoms with E-state index < -0.39 is 0 Å². The molecular formula is C9H10BrN3. The monoisotopic (exact) mass is 239 g/mol. The van der Waals surface area contributed by atoms with Crippen molar-refractivity contribution in [2.24, 2.45) is 5.73 Å². The zero-order valence-electron chi connectivity index (χ0n) is 7.24. The van der Waals surface area contributed by atoms with Crippen LogP contribution in [0.2, 0.25) is 0 Å². The first-order chi connectivity index (χ1) is 6.16. The van der Waals surface area contributed by atoms with Crippen LogP contribution >= 0.6 is 15.9 Å². The highest BCUT2D eigenvalue weighted by atomic mass is 79.9. The summed E-state index contributed by atoms with van der Waals surface area (Å²) in [7, 11) is 0. The summed E-state index contributed by atoms with van der Waals surface area (Å²) in [6.45, 7) is 1.93.